The van der Waals surface area contributed by atoms with Crippen molar-refractivity contribution in [2.45, 2.75) is 13.5 Å². The first-order chi connectivity index (χ1) is 16.5. The number of amides is 2. The van der Waals surface area contributed by atoms with Crippen molar-refractivity contribution in [2.75, 3.05) is 31.3 Å². The van der Waals surface area contributed by atoms with Gasteiger partial charge in [0.05, 0.1) is 10.6 Å². The number of carbonyl (C=O) groups excluding carboxylic acids is 1. The van der Waals surface area contributed by atoms with Gasteiger partial charge in [-0.3, -0.25) is 5.32 Å². The van der Waals surface area contributed by atoms with E-state index in [2.05, 4.69) is 36.5 Å². The quantitative estimate of drug-likeness (QED) is 0.360. The fourth-order valence-electron chi connectivity index (χ4n) is 3.58. The minimum atomic E-state index is -0.237. The standard InChI is InChI=1S/C23H22BrN7O2S/c1-4-25-17-10-9-13(11-26-17)18-20-19(31(29-18)16-8-6-5-7-14(16)24)21-15(12-33-20)27-22(34-21)28-23(32)30(2)3/h5-11H,4,12H2,1-3H3,(H,25,26)(H,27,28,32). The largest absolute Gasteiger partial charge is 0.483 e. The lowest BCUT2D eigenvalue weighted by atomic mass is 10.1. The highest BCUT2D eigenvalue weighted by Crippen LogP contribution is 2.48. The summed E-state index contributed by atoms with van der Waals surface area (Å²) in [5, 5.41) is 11.5. The number of aromatic nitrogens is 4. The van der Waals surface area contributed by atoms with Gasteiger partial charge in [0.25, 0.3) is 0 Å². The van der Waals surface area contributed by atoms with Crippen LogP contribution < -0.4 is 15.4 Å². The molecule has 0 fully saturated rings. The van der Waals surface area contributed by atoms with Gasteiger partial charge >= 0.3 is 6.03 Å². The Bertz CT molecular complexity index is 1360. The second kappa shape index (κ2) is 9.07. The van der Waals surface area contributed by atoms with Crippen LogP contribution in [0.3, 0.4) is 0 Å². The number of thiazole rings is 1. The number of nitrogens with zero attached hydrogens (tertiary/aromatic N) is 5. The summed E-state index contributed by atoms with van der Waals surface area (Å²) in [6, 6.07) is 11.5. The summed E-state index contributed by atoms with van der Waals surface area (Å²) >= 11 is 5.05. The van der Waals surface area contributed by atoms with Crippen molar-refractivity contribution in [2.24, 2.45) is 0 Å². The number of pyridine rings is 1. The van der Waals surface area contributed by atoms with Gasteiger partial charge in [-0.1, -0.05) is 23.5 Å². The average Bonchev–Trinajstić information content (AvgIpc) is 3.41. The summed E-state index contributed by atoms with van der Waals surface area (Å²) in [4.78, 5) is 23.7. The fraction of sp³-hybridized carbons (Fsp3) is 0.217. The summed E-state index contributed by atoms with van der Waals surface area (Å²) < 4.78 is 8.96. The van der Waals surface area contributed by atoms with Crippen LogP contribution in [0.15, 0.2) is 47.1 Å². The van der Waals surface area contributed by atoms with Crippen LogP contribution in [0, 0.1) is 0 Å². The van der Waals surface area contributed by atoms with Crippen LogP contribution >= 0.6 is 27.3 Å². The number of ether oxygens (including phenoxy) is 1. The lowest BCUT2D eigenvalue weighted by Gasteiger charge is -2.15. The molecule has 1 aromatic carbocycles. The van der Waals surface area contributed by atoms with Gasteiger partial charge in [0.15, 0.2) is 10.9 Å². The molecular formula is C23H22BrN7O2S. The van der Waals surface area contributed by atoms with E-state index in [1.54, 1.807) is 20.3 Å². The fourth-order valence-corrected chi connectivity index (χ4v) is 5.02. The maximum atomic E-state index is 12.2. The van der Waals surface area contributed by atoms with E-state index < -0.39 is 0 Å². The Morgan fingerprint density at radius 1 is 1.26 bits per heavy atom. The zero-order valence-electron chi connectivity index (χ0n) is 18.8. The Morgan fingerprint density at radius 2 is 2.09 bits per heavy atom. The van der Waals surface area contributed by atoms with Crippen LogP contribution in [0.4, 0.5) is 15.7 Å². The van der Waals surface area contributed by atoms with Gasteiger partial charge in [0.2, 0.25) is 0 Å². The van der Waals surface area contributed by atoms with E-state index >= 15 is 0 Å². The highest BCUT2D eigenvalue weighted by Gasteiger charge is 2.32. The topological polar surface area (TPSA) is 97.2 Å². The molecule has 34 heavy (non-hydrogen) atoms. The summed E-state index contributed by atoms with van der Waals surface area (Å²) in [6.45, 7) is 3.11. The zero-order valence-corrected chi connectivity index (χ0v) is 21.2. The van der Waals surface area contributed by atoms with E-state index in [4.69, 9.17) is 9.84 Å². The molecule has 0 radical (unpaired) electrons. The number of para-hydroxylation sites is 1. The van der Waals surface area contributed by atoms with Gasteiger partial charge in [-0.05, 0) is 47.1 Å². The van der Waals surface area contributed by atoms with Gasteiger partial charge in [-0.15, -0.1) is 0 Å². The molecule has 0 bridgehead atoms. The number of rotatable bonds is 5. The Kier molecular flexibility index (Phi) is 5.96. The first-order valence-corrected chi connectivity index (χ1v) is 12.3. The van der Waals surface area contributed by atoms with Crippen LogP contribution in [-0.2, 0) is 6.61 Å². The van der Waals surface area contributed by atoms with Gasteiger partial charge < -0.3 is 15.0 Å². The first-order valence-electron chi connectivity index (χ1n) is 10.7. The van der Waals surface area contributed by atoms with Crippen molar-refractivity contribution in [3.63, 3.8) is 0 Å². The van der Waals surface area contributed by atoms with E-state index in [0.29, 0.717) is 16.6 Å². The molecule has 0 saturated heterocycles. The number of halogens is 1. The second-order valence-electron chi connectivity index (χ2n) is 7.76. The first kappa shape index (κ1) is 22.4. The lowest BCUT2D eigenvalue weighted by Crippen LogP contribution is -2.27. The highest BCUT2D eigenvalue weighted by molar-refractivity contribution is 9.10. The molecule has 5 rings (SSSR count). The molecule has 2 amide bonds. The van der Waals surface area contributed by atoms with Gasteiger partial charge in [0, 0.05) is 36.9 Å². The Balaban J connectivity index is 1.66. The summed E-state index contributed by atoms with van der Waals surface area (Å²) in [6.07, 6.45) is 1.79. The van der Waals surface area contributed by atoms with Crippen molar-refractivity contribution >= 4 is 44.2 Å². The molecule has 3 aromatic heterocycles. The third-order valence-electron chi connectivity index (χ3n) is 5.20. The SMILES string of the molecule is CCNc1ccc(-c2nn(-c3ccccc3Br)c3c2OCc2nc(NC(=O)N(C)C)sc2-3)cn1. The lowest BCUT2D eigenvalue weighted by molar-refractivity contribution is 0.230. The van der Waals surface area contributed by atoms with Crippen molar-refractivity contribution in [1.29, 1.82) is 0 Å². The minimum absolute atomic E-state index is 0.237. The molecule has 0 saturated carbocycles. The van der Waals surface area contributed by atoms with Crippen LogP contribution in [0.25, 0.3) is 27.5 Å². The van der Waals surface area contributed by atoms with E-state index in [0.717, 1.165) is 44.4 Å². The Morgan fingerprint density at radius 3 is 2.79 bits per heavy atom. The van der Waals surface area contributed by atoms with Crippen LogP contribution in [-0.4, -0.2) is 51.3 Å². The number of hydrogen-bond acceptors (Lipinski definition) is 7. The van der Waals surface area contributed by atoms with Crippen LogP contribution in [0.2, 0.25) is 0 Å². The normalized spacial score (nSPS) is 11.9. The second-order valence-corrected chi connectivity index (χ2v) is 9.61. The molecule has 9 nitrogen and oxygen atoms in total. The number of benzene rings is 1. The predicted molar refractivity (Wildman–Crippen MR) is 137 cm³/mol. The third-order valence-corrected chi connectivity index (χ3v) is 6.89. The molecule has 1 aliphatic heterocycles. The van der Waals surface area contributed by atoms with Gasteiger partial charge in [-0.25, -0.2) is 19.4 Å². The van der Waals surface area contributed by atoms with Crippen molar-refractivity contribution < 1.29 is 9.53 Å². The van der Waals surface area contributed by atoms with Crippen molar-refractivity contribution in [3.05, 3.63) is 52.8 Å². The number of carbonyl (C=O) groups is 1. The molecule has 174 valence electrons. The Hall–Kier alpha value is -3.44. The van der Waals surface area contributed by atoms with Crippen molar-refractivity contribution in [1.82, 2.24) is 24.6 Å². The number of anilines is 2. The number of hydrogen-bond donors (Lipinski definition) is 2. The molecule has 0 spiro atoms. The summed E-state index contributed by atoms with van der Waals surface area (Å²) in [7, 11) is 3.38. The van der Waals surface area contributed by atoms with Crippen LogP contribution in [0.5, 0.6) is 5.75 Å². The summed E-state index contributed by atoms with van der Waals surface area (Å²) in [5.41, 5.74) is 3.96. The number of fused-ring (bicyclic) bond motifs is 3. The Labute approximate surface area is 208 Å². The number of nitrogens with one attached hydrogen (secondary N) is 2. The molecule has 2 N–H and O–H groups in total. The van der Waals surface area contributed by atoms with E-state index in [1.807, 2.05) is 48.0 Å². The monoisotopic (exact) mass is 539 g/mol. The maximum absolute atomic E-state index is 12.2. The predicted octanol–water partition coefficient (Wildman–Crippen LogP) is 5.24. The molecular weight excluding hydrogens is 518 g/mol. The molecule has 4 heterocycles. The van der Waals surface area contributed by atoms with E-state index in [9.17, 15) is 4.79 Å². The maximum Gasteiger partial charge on any atom is 0.323 e. The molecule has 11 heteroatoms. The van der Waals surface area contributed by atoms with Crippen LogP contribution in [0.1, 0.15) is 12.6 Å². The third kappa shape index (κ3) is 4.01. The summed E-state index contributed by atoms with van der Waals surface area (Å²) in [5.74, 6) is 1.47. The molecule has 1 aliphatic rings. The molecule has 4 aromatic rings. The van der Waals surface area contributed by atoms with Crippen molar-refractivity contribution in [3.8, 4) is 33.3 Å². The average molecular weight is 540 g/mol. The minimum Gasteiger partial charge on any atom is -0.483 e. The molecule has 0 atom stereocenters. The molecule has 0 aliphatic carbocycles. The van der Waals surface area contributed by atoms with E-state index in [1.165, 1.54) is 16.2 Å². The smallest absolute Gasteiger partial charge is 0.323 e. The van der Waals surface area contributed by atoms with Gasteiger partial charge in [-0.2, -0.15) is 5.10 Å². The van der Waals surface area contributed by atoms with Gasteiger partial charge in [0.1, 0.15) is 29.5 Å². The highest BCUT2D eigenvalue weighted by atomic mass is 79.9. The number of urea groups is 1. The zero-order chi connectivity index (χ0) is 23.8. The van der Waals surface area contributed by atoms with E-state index in [-0.39, 0.29) is 12.6 Å². The molecule has 0 unspecified atom stereocenters.